The molecule has 8 nitrogen and oxygen atoms in total. The Balaban J connectivity index is 1.38. The molecule has 0 aliphatic carbocycles. The third-order valence-corrected chi connectivity index (χ3v) is 8.84. The smallest absolute Gasteiger partial charge is 0.308 e. The van der Waals surface area contributed by atoms with Crippen LogP contribution in [-0.4, -0.2) is 38.1 Å². The fourth-order valence-corrected chi connectivity index (χ4v) is 6.55. The SMILES string of the molecule is O=C(NC[C@@H]1CCCO1)c1ccccc1NS(=O)(=O)c1ccc2c(c1)sc(=O)n2Cc1ccccc1Cl. The van der Waals surface area contributed by atoms with Gasteiger partial charge in [-0.3, -0.25) is 18.9 Å². The average Bonchev–Trinajstić information content (AvgIpc) is 3.51. The Kier molecular flexibility index (Phi) is 7.34. The summed E-state index contributed by atoms with van der Waals surface area (Å²) in [4.78, 5) is 25.3. The van der Waals surface area contributed by atoms with Crippen LogP contribution in [0.15, 0.2) is 76.4 Å². The molecule has 1 aromatic heterocycles. The zero-order valence-corrected chi connectivity index (χ0v) is 22.0. The minimum atomic E-state index is -4.04. The maximum atomic E-state index is 13.3. The number of aromatic nitrogens is 1. The van der Waals surface area contributed by atoms with E-state index in [1.165, 1.54) is 18.2 Å². The molecule has 1 saturated heterocycles. The lowest BCUT2D eigenvalue weighted by atomic mass is 10.1. The van der Waals surface area contributed by atoms with Gasteiger partial charge in [-0.25, -0.2) is 8.42 Å². The van der Waals surface area contributed by atoms with Crippen molar-refractivity contribution < 1.29 is 17.9 Å². The van der Waals surface area contributed by atoms with Crippen molar-refractivity contribution in [3.8, 4) is 0 Å². The third-order valence-electron chi connectivity index (χ3n) is 6.17. The second-order valence-corrected chi connectivity index (χ2v) is 11.8. The highest BCUT2D eigenvalue weighted by Gasteiger charge is 2.22. The number of nitrogens with zero attached hydrogens (tertiary/aromatic N) is 1. The first-order valence-corrected chi connectivity index (χ1v) is 14.4. The molecule has 2 N–H and O–H groups in total. The fraction of sp³-hybridized carbons (Fsp3) is 0.231. The van der Waals surface area contributed by atoms with Crippen LogP contribution in [0.5, 0.6) is 0 Å². The Labute approximate surface area is 222 Å². The van der Waals surface area contributed by atoms with Gasteiger partial charge in [0.1, 0.15) is 0 Å². The van der Waals surface area contributed by atoms with Gasteiger partial charge in [0, 0.05) is 18.2 Å². The minimum Gasteiger partial charge on any atom is -0.376 e. The number of thiazole rings is 1. The molecular formula is C26H24ClN3O5S2. The molecule has 0 spiro atoms. The van der Waals surface area contributed by atoms with Gasteiger partial charge in [-0.15, -0.1) is 0 Å². The second kappa shape index (κ2) is 10.7. The monoisotopic (exact) mass is 557 g/mol. The van der Waals surface area contributed by atoms with E-state index >= 15 is 0 Å². The highest BCUT2D eigenvalue weighted by Crippen LogP contribution is 2.26. The van der Waals surface area contributed by atoms with Gasteiger partial charge in [0.05, 0.1) is 39.0 Å². The number of amides is 1. The van der Waals surface area contributed by atoms with Gasteiger partial charge in [-0.05, 0) is 54.8 Å². The zero-order valence-electron chi connectivity index (χ0n) is 19.6. The molecule has 1 aliphatic rings. The van der Waals surface area contributed by atoms with Gasteiger partial charge in [0.15, 0.2) is 0 Å². The topological polar surface area (TPSA) is 106 Å². The molecule has 0 bridgehead atoms. The number of carbonyl (C=O) groups is 1. The van der Waals surface area contributed by atoms with Gasteiger partial charge in [-0.2, -0.15) is 0 Å². The standard InChI is InChI=1S/C26H24ClN3O5S2/c27-21-9-3-1-6-17(21)16-30-23-12-11-19(14-24(23)36-26(30)32)37(33,34)29-22-10-4-2-8-20(22)25(31)28-15-18-7-5-13-35-18/h1-4,6,8-12,14,18,29H,5,7,13,15-16H2,(H,28,31)/t18-/m0/s1. The molecule has 1 amide bonds. The van der Waals surface area contributed by atoms with Crippen molar-refractivity contribution in [3.63, 3.8) is 0 Å². The van der Waals surface area contributed by atoms with Crippen LogP contribution in [0, 0.1) is 0 Å². The molecular weight excluding hydrogens is 534 g/mol. The molecule has 0 unspecified atom stereocenters. The highest BCUT2D eigenvalue weighted by molar-refractivity contribution is 7.92. The van der Waals surface area contributed by atoms with Crippen molar-refractivity contribution in [2.24, 2.45) is 0 Å². The van der Waals surface area contributed by atoms with Crippen molar-refractivity contribution in [2.45, 2.75) is 30.4 Å². The Morgan fingerprint density at radius 2 is 1.89 bits per heavy atom. The van der Waals surface area contributed by atoms with E-state index in [4.69, 9.17) is 16.3 Å². The number of anilines is 1. The number of carbonyl (C=O) groups excluding carboxylic acids is 1. The summed E-state index contributed by atoms with van der Waals surface area (Å²) in [6.45, 7) is 1.32. The van der Waals surface area contributed by atoms with Crippen LogP contribution >= 0.6 is 22.9 Å². The minimum absolute atomic E-state index is 0.0132. The lowest BCUT2D eigenvalue weighted by molar-refractivity contribution is 0.0858. The van der Waals surface area contributed by atoms with E-state index in [-0.39, 0.29) is 39.6 Å². The highest BCUT2D eigenvalue weighted by atomic mass is 35.5. The number of nitrogens with one attached hydrogen (secondary N) is 2. The van der Waals surface area contributed by atoms with Crippen molar-refractivity contribution >= 4 is 54.8 Å². The fourth-order valence-electron chi connectivity index (χ4n) is 4.24. The lowest BCUT2D eigenvalue weighted by Crippen LogP contribution is -2.32. The van der Waals surface area contributed by atoms with Gasteiger partial charge in [-0.1, -0.05) is 53.3 Å². The Morgan fingerprint density at radius 1 is 1.11 bits per heavy atom. The molecule has 3 aromatic carbocycles. The van der Waals surface area contributed by atoms with E-state index in [1.54, 1.807) is 34.9 Å². The summed E-state index contributed by atoms with van der Waals surface area (Å²) < 4.78 is 36.7. The van der Waals surface area contributed by atoms with Gasteiger partial charge >= 0.3 is 4.87 Å². The summed E-state index contributed by atoms with van der Waals surface area (Å²) in [5, 5.41) is 3.37. The number of rotatable bonds is 8. The van der Waals surface area contributed by atoms with Crippen molar-refractivity contribution in [1.82, 2.24) is 9.88 Å². The molecule has 37 heavy (non-hydrogen) atoms. The van der Waals surface area contributed by atoms with Crippen LogP contribution in [0.25, 0.3) is 10.2 Å². The molecule has 0 saturated carbocycles. The number of benzene rings is 3. The molecule has 2 heterocycles. The van der Waals surface area contributed by atoms with E-state index in [0.29, 0.717) is 28.4 Å². The van der Waals surface area contributed by atoms with Crippen LogP contribution in [0.2, 0.25) is 5.02 Å². The van der Waals surface area contributed by atoms with E-state index in [0.717, 1.165) is 29.7 Å². The molecule has 1 fully saturated rings. The number of hydrogen-bond donors (Lipinski definition) is 2. The van der Waals surface area contributed by atoms with Crippen LogP contribution in [0.3, 0.4) is 0 Å². The number of hydrogen-bond acceptors (Lipinski definition) is 6. The van der Waals surface area contributed by atoms with Crippen LogP contribution in [0.1, 0.15) is 28.8 Å². The summed E-state index contributed by atoms with van der Waals surface area (Å²) in [7, 11) is -4.04. The number of para-hydroxylation sites is 1. The normalized spacial score (nSPS) is 15.6. The average molecular weight is 558 g/mol. The summed E-state index contributed by atoms with van der Waals surface area (Å²) in [6, 6.07) is 18.2. The number of fused-ring (bicyclic) bond motifs is 1. The molecule has 11 heteroatoms. The van der Waals surface area contributed by atoms with Crippen LogP contribution in [0.4, 0.5) is 5.69 Å². The van der Waals surface area contributed by atoms with Gasteiger partial charge < -0.3 is 10.1 Å². The first-order valence-electron chi connectivity index (χ1n) is 11.7. The molecule has 0 radical (unpaired) electrons. The summed E-state index contributed by atoms with van der Waals surface area (Å²) in [5.41, 5.74) is 1.78. The predicted octanol–water partition coefficient (Wildman–Crippen LogP) is 4.47. The number of halogens is 1. The predicted molar refractivity (Wildman–Crippen MR) is 145 cm³/mol. The summed E-state index contributed by atoms with van der Waals surface area (Å²) in [6.07, 6.45) is 1.81. The number of sulfonamides is 1. The second-order valence-electron chi connectivity index (χ2n) is 8.67. The molecule has 1 aliphatic heterocycles. The maximum Gasteiger partial charge on any atom is 0.308 e. The van der Waals surface area contributed by atoms with E-state index in [9.17, 15) is 18.0 Å². The van der Waals surface area contributed by atoms with Gasteiger partial charge in [0.2, 0.25) is 0 Å². The largest absolute Gasteiger partial charge is 0.376 e. The van der Waals surface area contributed by atoms with E-state index in [2.05, 4.69) is 10.0 Å². The Bertz CT molecular complexity index is 1620. The Morgan fingerprint density at radius 3 is 2.68 bits per heavy atom. The van der Waals surface area contributed by atoms with Crippen LogP contribution < -0.4 is 14.9 Å². The third kappa shape index (κ3) is 5.57. The first-order chi connectivity index (χ1) is 17.8. The van der Waals surface area contributed by atoms with E-state index in [1.807, 2.05) is 18.2 Å². The Hall–Kier alpha value is -3.18. The molecule has 5 rings (SSSR count). The van der Waals surface area contributed by atoms with Crippen molar-refractivity contribution in [1.29, 1.82) is 0 Å². The van der Waals surface area contributed by atoms with Gasteiger partial charge in [0.25, 0.3) is 15.9 Å². The van der Waals surface area contributed by atoms with Crippen molar-refractivity contribution in [3.05, 3.63) is 92.5 Å². The number of ether oxygens (including phenoxy) is 1. The van der Waals surface area contributed by atoms with Crippen LogP contribution in [-0.2, 0) is 21.3 Å². The first kappa shape index (κ1) is 25.5. The summed E-state index contributed by atoms with van der Waals surface area (Å²) >= 11 is 7.22. The molecule has 1 atom stereocenters. The molecule has 4 aromatic rings. The molecule has 192 valence electrons. The quantitative estimate of drug-likeness (QED) is 0.332. The van der Waals surface area contributed by atoms with E-state index < -0.39 is 10.0 Å². The lowest BCUT2D eigenvalue weighted by Gasteiger charge is -2.14. The maximum absolute atomic E-state index is 13.3. The van der Waals surface area contributed by atoms with Crippen molar-refractivity contribution in [2.75, 3.05) is 17.9 Å². The zero-order chi connectivity index (χ0) is 26.0. The summed E-state index contributed by atoms with van der Waals surface area (Å²) in [5.74, 6) is -0.390.